The van der Waals surface area contributed by atoms with E-state index in [1.165, 1.54) is 5.57 Å². The highest BCUT2D eigenvalue weighted by Crippen LogP contribution is 1.93. The zero-order chi connectivity index (χ0) is 7.98. The van der Waals surface area contributed by atoms with E-state index in [2.05, 4.69) is 17.9 Å². The van der Waals surface area contributed by atoms with Crippen molar-refractivity contribution in [3.63, 3.8) is 0 Å². The molecular weight excluding hydrogens is 126 g/mol. The molecule has 0 saturated carbocycles. The van der Waals surface area contributed by atoms with Gasteiger partial charge in [0.05, 0.1) is 6.61 Å². The maximum absolute atomic E-state index is 8.56. The third-order valence-electron chi connectivity index (χ3n) is 1.49. The van der Waals surface area contributed by atoms with Crippen LogP contribution in [0.3, 0.4) is 0 Å². The van der Waals surface area contributed by atoms with Crippen molar-refractivity contribution in [1.82, 2.24) is 4.90 Å². The van der Waals surface area contributed by atoms with Crippen LogP contribution in [-0.2, 0) is 0 Å². The molecule has 0 aliphatic rings. The minimum Gasteiger partial charge on any atom is -0.395 e. The summed E-state index contributed by atoms with van der Waals surface area (Å²) in [6.45, 7) is 6.08. The van der Waals surface area contributed by atoms with Gasteiger partial charge in [-0.3, -0.25) is 0 Å². The highest BCUT2D eigenvalue weighted by atomic mass is 16.3. The Morgan fingerprint density at radius 2 is 2.20 bits per heavy atom. The molecule has 0 radical (unpaired) electrons. The number of aliphatic hydroxyl groups is 1. The van der Waals surface area contributed by atoms with Crippen molar-refractivity contribution in [3.05, 3.63) is 11.6 Å². The summed E-state index contributed by atoms with van der Waals surface area (Å²) in [5.74, 6) is 0. The van der Waals surface area contributed by atoms with Crippen molar-refractivity contribution in [3.8, 4) is 0 Å². The Balaban J connectivity index is 3.47. The summed E-state index contributed by atoms with van der Waals surface area (Å²) >= 11 is 0. The zero-order valence-corrected chi connectivity index (χ0v) is 7.09. The third-order valence-corrected chi connectivity index (χ3v) is 1.49. The average molecular weight is 143 g/mol. The molecule has 0 aromatic heterocycles. The van der Waals surface area contributed by atoms with Gasteiger partial charge in [-0.05, 0) is 20.9 Å². The number of likely N-dealkylation sites (N-methyl/N-ethyl adjacent to an activating group) is 1. The Labute approximate surface area is 63.2 Å². The van der Waals surface area contributed by atoms with Crippen molar-refractivity contribution in [2.24, 2.45) is 0 Å². The second-order valence-electron chi connectivity index (χ2n) is 2.60. The van der Waals surface area contributed by atoms with Gasteiger partial charge >= 0.3 is 0 Å². The Bertz CT molecular complexity index is 110. The van der Waals surface area contributed by atoms with Crippen LogP contribution in [0.25, 0.3) is 0 Å². The first-order valence-corrected chi connectivity index (χ1v) is 3.62. The standard InChI is InChI=1S/C8H17NO/c1-4-8(2)7-9(3)5-6-10/h4,10H,5-7H2,1-3H3. The molecule has 0 atom stereocenters. The molecule has 0 bridgehead atoms. The van der Waals surface area contributed by atoms with Gasteiger partial charge in [0.15, 0.2) is 0 Å². The summed E-state index contributed by atoms with van der Waals surface area (Å²) in [6.07, 6.45) is 2.09. The topological polar surface area (TPSA) is 23.5 Å². The number of rotatable bonds is 4. The molecule has 10 heavy (non-hydrogen) atoms. The number of aliphatic hydroxyl groups excluding tert-OH is 1. The van der Waals surface area contributed by atoms with Gasteiger partial charge in [0, 0.05) is 13.1 Å². The second-order valence-corrected chi connectivity index (χ2v) is 2.60. The van der Waals surface area contributed by atoms with E-state index < -0.39 is 0 Å². The van der Waals surface area contributed by atoms with Crippen LogP contribution >= 0.6 is 0 Å². The SMILES string of the molecule is CC=C(C)CN(C)CCO. The summed E-state index contributed by atoms with van der Waals surface area (Å²) < 4.78 is 0. The lowest BCUT2D eigenvalue weighted by Gasteiger charge is -2.14. The Hall–Kier alpha value is -0.340. The minimum atomic E-state index is 0.244. The summed E-state index contributed by atoms with van der Waals surface area (Å²) in [4.78, 5) is 2.09. The molecule has 0 fully saturated rings. The molecule has 0 aliphatic heterocycles. The lowest BCUT2D eigenvalue weighted by molar-refractivity contribution is 0.230. The van der Waals surface area contributed by atoms with E-state index in [0.29, 0.717) is 0 Å². The Morgan fingerprint density at radius 3 is 2.60 bits per heavy atom. The summed E-state index contributed by atoms with van der Waals surface area (Å²) in [6, 6.07) is 0. The minimum absolute atomic E-state index is 0.244. The summed E-state index contributed by atoms with van der Waals surface area (Å²) in [5, 5.41) is 8.56. The van der Waals surface area contributed by atoms with Crippen LogP contribution < -0.4 is 0 Å². The molecule has 0 aromatic carbocycles. The van der Waals surface area contributed by atoms with Crippen LogP contribution in [-0.4, -0.2) is 36.8 Å². The van der Waals surface area contributed by atoms with E-state index in [9.17, 15) is 0 Å². The van der Waals surface area contributed by atoms with Gasteiger partial charge in [-0.2, -0.15) is 0 Å². The third kappa shape index (κ3) is 4.53. The second kappa shape index (κ2) is 5.45. The number of hydrogen-bond acceptors (Lipinski definition) is 2. The molecule has 0 spiro atoms. The van der Waals surface area contributed by atoms with E-state index in [1.54, 1.807) is 0 Å². The van der Waals surface area contributed by atoms with Crippen molar-refractivity contribution >= 4 is 0 Å². The zero-order valence-electron chi connectivity index (χ0n) is 7.09. The Morgan fingerprint density at radius 1 is 1.60 bits per heavy atom. The largest absolute Gasteiger partial charge is 0.395 e. The first-order valence-electron chi connectivity index (χ1n) is 3.62. The molecule has 0 heterocycles. The van der Waals surface area contributed by atoms with Gasteiger partial charge in [-0.15, -0.1) is 0 Å². The fraction of sp³-hybridized carbons (Fsp3) is 0.750. The molecule has 0 unspecified atom stereocenters. The molecule has 0 aliphatic carbocycles. The van der Waals surface area contributed by atoms with Crippen molar-refractivity contribution in [1.29, 1.82) is 0 Å². The van der Waals surface area contributed by atoms with Crippen molar-refractivity contribution < 1.29 is 5.11 Å². The van der Waals surface area contributed by atoms with Crippen LogP contribution in [0.1, 0.15) is 13.8 Å². The molecule has 0 amide bonds. The molecular formula is C8H17NO. The van der Waals surface area contributed by atoms with Gasteiger partial charge in [0.25, 0.3) is 0 Å². The summed E-state index contributed by atoms with van der Waals surface area (Å²) in [5.41, 5.74) is 1.34. The lowest BCUT2D eigenvalue weighted by atomic mass is 10.3. The van der Waals surface area contributed by atoms with Gasteiger partial charge in [0.2, 0.25) is 0 Å². The van der Waals surface area contributed by atoms with Gasteiger partial charge in [-0.25, -0.2) is 0 Å². The van der Waals surface area contributed by atoms with Crippen LogP contribution in [0, 0.1) is 0 Å². The lowest BCUT2D eigenvalue weighted by Crippen LogP contribution is -2.23. The van der Waals surface area contributed by atoms with Gasteiger partial charge < -0.3 is 10.0 Å². The fourth-order valence-corrected chi connectivity index (χ4v) is 0.767. The first kappa shape index (κ1) is 9.66. The van der Waals surface area contributed by atoms with E-state index in [1.807, 2.05) is 14.0 Å². The fourth-order valence-electron chi connectivity index (χ4n) is 0.767. The number of nitrogens with zero attached hydrogens (tertiary/aromatic N) is 1. The maximum atomic E-state index is 8.56. The average Bonchev–Trinajstić information content (AvgIpc) is 1.88. The van der Waals surface area contributed by atoms with E-state index in [0.717, 1.165) is 13.1 Å². The highest BCUT2D eigenvalue weighted by molar-refractivity contribution is 4.97. The van der Waals surface area contributed by atoms with E-state index in [4.69, 9.17) is 5.11 Å². The molecule has 2 nitrogen and oxygen atoms in total. The number of allylic oxidation sites excluding steroid dienone is 1. The predicted octanol–water partition coefficient (Wildman–Crippen LogP) is 0.877. The first-order chi connectivity index (χ1) is 4.70. The summed E-state index contributed by atoms with van der Waals surface area (Å²) in [7, 11) is 2.00. The number of hydrogen-bond donors (Lipinski definition) is 1. The van der Waals surface area contributed by atoms with E-state index in [-0.39, 0.29) is 6.61 Å². The Kier molecular flexibility index (Phi) is 5.26. The predicted molar refractivity (Wildman–Crippen MR) is 44.0 cm³/mol. The van der Waals surface area contributed by atoms with Crippen LogP contribution in [0.4, 0.5) is 0 Å². The van der Waals surface area contributed by atoms with Gasteiger partial charge in [-0.1, -0.05) is 11.6 Å². The quantitative estimate of drug-likeness (QED) is 0.590. The van der Waals surface area contributed by atoms with Crippen LogP contribution in [0.5, 0.6) is 0 Å². The highest BCUT2D eigenvalue weighted by Gasteiger charge is 1.95. The maximum Gasteiger partial charge on any atom is 0.0558 e. The molecule has 60 valence electrons. The normalized spacial score (nSPS) is 12.7. The molecule has 0 aromatic rings. The molecule has 0 saturated heterocycles. The molecule has 0 rings (SSSR count). The van der Waals surface area contributed by atoms with Crippen molar-refractivity contribution in [2.45, 2.75) is 13.8 Å². The van der Waals surface area contributed by atoms with Crippen LogP contribution in [0.2, 0.25) is 0 Å². The smallest absolute Gasteiger partial charge is 0.0558 e. The van der Waals surface area contributed by atoms with Gasteiger partial charge in [0.1, 0.15) is 0 Å². The molecule has 1 N–H and O–H groups in total. The van der Waals surface area contributed by atoms with Crippen LogP contribution in [0.15, 0.2) is 11.6 Å². The molecule has 2 heteroatoms. The van der Waals surface area contributed by atoms with E-state index >= 15 is 0 Å². The van der Waals surface area contributed by atoms with Crippen molar-refractivity contribution in [2.75, 3.05) is 26.7 Å². The monoisotopic (exact) mass is 143 g/mol.